The highest BCUT2D eigenvalue weighted by atomic mass is 28.3. The van der Waals surface area contributed by atoms with E-state index in [0.717, 1.165) is 33.3 Å². The second kappa shape index (κ2) is 14.5. The molecule has 0 saturated carbocycles. The highest BCUT2D eigenvalue weighted by Gasteiger charge is 2.42. The SMILES string of the molecule is c1ccc(-c2ccc([Si](c3ccccc3)(c3cccc(-n4c5ccccc5c5cc(-n6c7ccccc7c7ccccc76)ccc54)c3)c3ccc4oc5ccccc5c4c3)cc2)cc1. The van der Waals surface area contributed by atoms with Crippen molar-refractivity contribution in [3.63, 3.8) is 0 Å². The van der Waals surface area contributed by atoms with Gasteiger partial charge < -0.3 is 13.6 Å². The van der Waals surface area contributed by atoms with Gasteiger partial charge in [-0.2, -0.15) is 0 Å². The first kappa shape index (κ1) is 36.5. The maximum atomic E-state index is 6.44. The largest absolute Gasteiger partial charge is 0.456 e. The summed E-state index contributed by atoms with van der Waals surface area (Å²) in [5.41, 5.74) is 11.3. The molecule has 0 aliphatic rings. The van der Waals surface area contributed by atoms with Gasteiger partial charge in [0.25, 0.3) is 0 Å². The van der Waals surface area contributed by atoms with Crippen LogP contribution in [0, 0.1) is 0 Å². The summed E-state index contributed by atoms with van der Waals surface area (Å²) in [7, 11) is -3.04. The molecule has 13 aromatic rings. The molecule has 10 aromatic carbocycles. The molecule has 0 radical (unpaired) electrons. The minimum atomic E-state index is -3.04. The molecule has 64 heavy (non-hydrogen) atoms. The minimum Gasteiger partial charge on any atom is -0.456 e. The first-order chi connectivity index (χ1) is 31.7. The predicted molar refractivity (Wildman–Crippen MR) is 271 cm³/mol. The van der Waals surface area contributed by atoms with E-state index >= 15 is 0 Å². The van der Waals surface area contributed by atoms with Gasteiger partial charge in [-0.15, -0.1) is 0 Å². The van der Waals surface area contributed by atoms with E-state index in [9.17, 15) is 0 Å². The van der Waals surface area contributed by atoms with Crippen molar-refractivity contribution in [1.29, 1.82) is 0 Å². The van der Waals surface area contributed by atoms with Gasteiger partial charge in [0.1, 0.15) is 11.2 Å². The molecule has 13 rings (SSSR count). The molecule has 4 heteroatoms. The van der Waals surface area contributed by atoms with E-state index in [0.29, 0.717) is 0 Å². The molecule has 0 aliphatic carbocycles. The van der Waals surface area contributed by atoms with E-state index in [2.05, 4.69) is 246 Å². The molecule has 1 unspecified atom stereocenters. The van der Waals surface area contributed by atoms with E-state index < -0.39 is 8.07 Å². The van der Waals surface area contributed by atoms with Crippen molar-refractivity contribution in [2.75, 3.05) is 0 Å². The third-order valence-electron chi connectivity index (χ3n) is 13.5. The Kier molecular flexibility index (Phi) is 8.23. The first-order valence-electron chi connectivity index (χ1n) is 22.0. The van der Waals surface area contributed by atoms with Crippen LogP contribution in [-0.4, -0.2) is 17.2 Å². The lowest BCUT2D eigenvalue weighted by molar-refractivity contribution is 0.669. The van der Waals surface area contributed by atoms with Crippen molar-refractivity contribution in [2.45, 2.75) is 0 Å². The lowest BCUT2D eigenvalue weighted by Gasteiger charge is -2.35. The molecule has 3 nitrogen and oxygen atoms in total. The smallest absolute Gasteiger partial charge is 0.179 e. The summed E-state index contributed by atoms with van der Waals surface area (Å²) in [6.45, 7) is 0. The Labute approximate surface area is 371 Å². The first-order valence-corrected chi connectivity index (χ1v) is 24.0. The highest BCUT2D eigenvalue weighted by molar-refractivity contribution is 7.20. The van der Waals surface area contributed by atoms with E-state index in [-0.39, 0.29) is 0 Å². The number of hydrogen-bond acceptors (Lipinski definition) is 1. The average Bonchev–Trinajstić information content (AvgIpc) is 4.03. The van der Waals surface area contributed by atoms with Crippen molar-refractivity contribution in [2.24, 2.45) is 0 Å². The molecule has 1 atom stereocenters. The van der Waals surface area contributed by atoms with Crippen molar-refractivity contribution in [1.82, 2.24) is 9.13 Å². The van der Waals surface area contributed by atoms with Gasteiger partial charge in [-0.1, -0.05) is 182 Å². The van der Waals surface area contributed by atoms with Crippen LogP contribution in [0.15, 0.2) is 247 Å². The number of benzene rings is 10. The lowest BCUT2D eigenvalue weighted by atomic mass is 10.1. The second-order valence-corrected chi connectivity index (χ2v) is 20.7. The maximum Gasteiger partial charge on any atom is 0.179 e. The third-order valence-corrected chi connectivity index (χ3v) is 18.2. The Morgan fingerprint density at radius 1 is 0.266 bits per heavy atom. The number of para-hydroxylation sites is 4. The van der Waals surface area contributed by atoms with Crippen LogP contribution in [0.25, 0.3) is 88.1 Å². The van der Waals surface area contributed by atoms with Crippen molar-refractivity contribution in [3.05, 3.63) is 243 Å². The number of fused-ring (bicyclic) bond motifs is 9. The van der Waals surface area contributed by atoms with Crippen LogP contribution in [0.3, 0.4) is 0 Å². The zero-order valence-electron chi connectivity index (χ0n) is 34.9. The Balaban J connectivity index is 1.06. The van der Waals surface area contributed by atoms with Gasteiger partial charge in [0.2, 0.25) is 0 Å². The molecule has 3 aromatic heterocycles. The molecule has 0 fully saturated rings. The molecule has 0 spiro atoms. The monoisotopic (exact) mass is 832 g/mol. The van der Waals surface area contributed by atoms with Gasteiger partial charge in [0.15, 0.2) is 8.07 Å². The topological polar surface area (TPSA) is 23.0 Å². The average molecular weight is 833 g/mol. The van der Waals surface area contributed by atoms with E-state index in [1.165, 1.54) is 75.5 Å². The van der Waals surface area contributed by atoms with Gasteiger partial charge >= 0.3 is 0 Å². The molecule has 0 saturated heterocycles. The second-order valence-electron chi connectivity index (χ2n) is 16.8. The van der Waals surface area contributed by atoms with Crippen LogP contribution >= 0.6 is 0 Å². The lowest BCUT2D eigenvalue weighted by Crippen LogP contribution is -2.74. The quantitative estimate of drug-likeness (QED) is 0.116. The maximum absolute atomic E-state index is 6.44. The van der Waals surface area contributed by atoms with Crippen LogP contribution in [0.5, 0.6) is 0 Å². The normalized spacial score (nSPS) is 12.8. The van der Waals surface area contributed by atoms with Crippen molar-refractivity contribution >= 4 is 94.4 Å². The number of rotatable bonds is 7. The summed E-state index contributed by atoms with van der Waals surface area (Å²) in [4.78, 5) is 0. The predicted octanol–water partition coefficient (Wildman–Crippen LogP) is 12.8. The summed E-state index contributed by atoms with van der Waals surface area (Å²) in [5, 5.41) is 12.5. The van der Waals surface area contributed by atoms with Gasteiger partial charge in [-0.3, -0.25) is 0 Å². The van der Waals surface area contributed by atoms with Crippen LogP contribution in [-0.2, 0) is 0 Å². The number of aromatic nitrogens is 2. The molecule has 0 aliphatic heterocycles. The van der Waals surface area contributed by atoms with Crippen molar-refractivity contribution < 1.29 is 4.42 Å². The number of hydrogen-bond donors (Lipinski definition) is 0. The molecule has 0 N–H and O–H groups in total. The summed E-state index contributed by atoms with van der Waals surface area (Å²) >= 11 is 0. The van der Waals surface area contributed by atoms with E-state index in [1.54, 1.807) is 0 Å². The Morgan fingerprint density at radius 3 is 1.42 bits per heavy atom. The van der Waals surface area contributed by atoms with Crippen LogP contribution in [0.1, 0.15) is 0 Å². The number of furan rings is 1. The fourth-order valence-corrected chi connectivity index (χ4v) is 15.4. The summed E-state index contributed by atoms with van der Waals surface area (Å²) in [5.74, 6) is 0. The third kappa shape index (κ3) is 5.46. The summed E-state index contributed by atoms with van der Waals surface area (Å²) in [6.07, 6.45) is 0. The standard InChI is InChI=1S/C60H40N2OSi/c1-3-16-41(17-4-1)42-30-33-46(34-31-42)64(45-19-5-2-6-20-45,48-35-37-60-54(40-48)52-25-10-14-29-59(52)63-60)47-21-15-18-43(38-47)61-57-28-13-9-24-51(57)53-39-44(32-36-58(53)61)62-55-26-11-7-22-49(55)50-23-8-12-27-56(50)62/h1-40H. The summed E-state index contributed by atoms with van der Waals surface area (Å²) < 4.78 is 11.3. The molecule has 300 valence electrons. The van der Waals surface area contributed by atoms with Crippen molar-refractivity contribution in [3.8, 4) is 22.5 Å². The molecule has 0 amide bonds. The zero-order chi connectivity index (χ0) is 42.2. The molecule has 0 bridgehead atoms. The fourth-order valence-electron chi connectivity index (χ4n) is 10.6. The zero-order valence-corrected chi connectivity index (χ0v) is 35.9. The van der Waals surface area contributed by atoms with Gasteiger partial charge in [0, 0.05) is 43.7 Å². The molecule has 3 heterocycles. The fraction of sp³-hybridized carbons (Fsp3) is 0. The van der Waals surface area contributed by atoms with E-state index in [1.807, 2.05) is 6.07 Å². The van der Waals surface area contributed by atoms with Crippen LogP contribution < -0.4 is 20.7 Å². The summed E-state index contributed by atoms with van der Waals surface area (Å²) in [6, 6.07) is 89.5. The van der Waals surface area contributed by atoms with Crippen LogP contribution in [0.2, 0.25) is 0 Å². The van der Waals surface area contributed by atoms with Gasteiger partial charge in [0.05, 0.1) is 22.1 Å². The van der Waals surface area contributed by atoms with Gasteiger partial charge in [-0.25, -0.2) is 0 Å². The Hall–Kier alpha value is -8.18. The molecular weight excluding hydrogens is 793 g/mol. The van der Waals surface area contributed by atoms with E-state index in [4.69, 9.17) is 4.42 Å². The Morgan fingerprint density at radius 2 is 0.734 bits per heavy atom. The highest BCUT2D eigenvalue weighted by Crippen LogP contribution is 2.37. The molecular formula is C60H40N2OSi. The van der Waals surface area contributed by atoms with Gasteiger partial charge in [-0.05, 0) is 92.5 Å². The number of nitrogens with zero attached hydrogens (tertiary/aromatic N) is 2. The van der Waals surface area contributed by atoms with Crippen LogP contribution in [0.4, 0.5) is 0 Å². The Bertz CT molecular complexity index is 3850. The minimum absolute atomic E-state index is 0.902.